The van der Waals surface area contributed by atoms with Gasteiger partial charge in [0.25, 0.3) is 0 Å². The fraction of sp³-hybridized carbons (Fsp3) is 0.125. The highest BCUT2D eigenvalue weighted by atomic mass is 16.2. The highest BCUT2D eigenvalue weighted by molar-refractivity contribution is 5.82. The number of carbonyl (C=O) groups excluding carboxylic acids is 1. The largest absolute Gasteiger partial charge is 0.350 e. The summed E-state index contributed by atoms with van der Waals surface area (Å²) in [7, 11) is 0. The molecule has 0 saturated carbocycles. The van der Waals surface area contributed by atoms with Crippen molar-refractivity contribution >= 4 is 5.91 Å². The zero-order valence-electron chi connectivity index (χ0n) is 10.9. The number of amides is 1. The summed E-state index contributed by atoms with van der Waals surface area (Å²) in [5, 5.41) is 11.6. The highest BCUT2D eigenvalue weighted by Gasteiger charge is 2.14. The molecular weight excluding hydrogens is 250 g/mol. The van der Waals surface area contributed by atoms with Crippen LogP contribution in [0.3, 0.4) is 0 Å². The van der Waals surface area contributed by atoms with Gasteiger partial charge in [0.1, 0.15) is 6.04 Å². The molecule has 2 aromatic carbocycles. The van der Waals surface area contributed by atoms with E-state index in [4.69, 9.17) is 11.0 Å². The number of nitriles is 1. The lowest BCUT2D eigenvalue weighted by molar-refractivity contribution is -0.122. The van der Waals surface area contributed by atoms with Crippen LogP contribution in [0.25, 0.3) is 0 Å². The van der Waals surface area contributed by atoms with E-state index in [0.717, 1.165) is 11.1 Å². The van der Waals surface area contributed by atoms with Crippen LogP contribution in [0.5, 0.6) is 0 Å². The Morgan fingerprint density at radius 1 is 1.20 bits per heavy atom. The minimum absolute atomic E-state index is 0.237. The second kappa shape index (κ2) is 6.50. The molecule has 0 fully saturated rings. The summed E-state index contributed by atoms with van der Waals surface area (Å²) >= 11 is 0. The lowest BCUT2D eigenvalue weighted by Crippen LogP contribution is -2.33. The monoisotopic (exact) mass is 265 g/mol. The van der Waals surface area contributed by atoms with Gasteiger partial charge in [0, 0.05) is 6.54 Å². The molecule has 20 heavy (non-hydrogen) atoms. The predicted molar refractivity (Wildman–Crippen MR) is 76.4 cm³/mol. The maximum absolute atomic E-state index is 12.0. The average molecular weight is 265 g/mol. The van der Waals surface area contributed by atoms with Crippen molar-refractivity contribution in [1.82, 2.24) is 5.32 Å². The van der Waals surface area contributed by atoms with Crippen LogP contribution in [0.2, 0.25) is 0 Å². The molecule has 4 heteroatoms. The summed E-state index contributed by atoms with van der Waals surface area (Å²) in [6, 6.07) is 17.7. The fourth-order valence-electron chi connectivity index (χ4n) is 1.86. The van der Waals surface area contributed by atoms with Gasteiger partial charge in [-0.2, -0.15) is 5.26 Å². The average Bonchev–Trinajstić information content (AvgIpc) is 2.53. The van der Waals surface area contributed by atoms with Gasteiger partial charge in [0.15, 0.2) is 0 Å². The van der Waals surface area contributed by atoms with E-state index in [1.54, 1.807) is 18.2 Å². The molecule has 4 nitrogen and oxygen atoms in total. The van der Waals surface area contributed by atoms with Gasteiger partial charge in [-0.1, -0.05) is 42.5 Å². The lowest BCUT2D eigenvalue weighted by Gasteiger charge is -2.12. The summed E-state index contributed by atoms with van der Waals surface area (Å²) in [5.41, 5.74) is 8.11. The highest BCUT2D eigenvalue weighted by Crippen LogP contribution is 2.10. The molecule has 0 aliphatic rings. The van der Waals surface area contributed by atoms with E-state index in [1.807, 2.05) is 36.4 Å². The molecule has 0 radical (unpaired) electrons. The Morgan fingerprint density at radius 2 is 1.95 bits per heavy atom. The first kappa shape index (κ1) is 13.8. The summed E-state index contributed by atoms with van der Waals surface area (Å²) in [6.45, 7) is 0.356. The predicted octanol–water partition coefficient (Wildman–Crippen LogP) is 1.87. The zero-order chi connectivity index (χ0) is 14.4. The molecule has 0 heterocycles. The minimum Gasteiger partial charge on any atom is -0.350 e. The van der Waals surface area contributed by atoms with Crippen molar-refractivity contribution in [2.24, 2.45) is 5.73 Å². The Labute approximate surface area is 117 Å². The van der Waals surface area contributed by atoms with E-state index in [-0.39, 0.29) is 5.91 Å². The van der Waals surface area contributed by atoms with Crippen molar-refractivity contribution in [3.05, 3.63) is 71.3 Å². The van der Waals surface area contributed by atoms with Crippen molar-refractivity contribution in [3.8, 4) is 6.07 Å². The van der Waals surface area contributed by atoms with Gasteiger partial charge in [-0.3, -0.25) is 4.79 Å². The normalized spacial score (nSPS) is 11.4. The van der Waals surface area contributed by atoms with Gasteiger partial charge < -0.3 is 11.1 Å². The number of rotatable bonds is 4. The first-order chi connectivity index (χ1) is 9.70. The quantitative estimate of drug-likeness (QED) is 0.885. The molecule has 0 aromatic heterocycles. The van der Waals surface area contributed by atoms with E-state index in [9.17, 15) is 4.79 Å². The van der Waals surface area contributed by atoms with Gasteiger partial charge in [0.2, 0.25) is 5.91 Å². The number of carbonyl (C=O) groups is 1. The molecule has 0 unspecified atom stereocenters. The number of nitrogens with two attached hydrogens (primary N) is 1. The van der Waals surface area contributed by atoms with Crippen LogP contribution in [0.15, 0.2) is 54.6 Å². The van der Waals surface area contributed by atoms with Crippen molar-refractivity contribution in [2.75, 3.05) is 0 Å². The first-order valence-electron chi connectivity index (χ1n) is 6.28. The lowest BCUT2D eigenvalue weighted by atomic mass is 10.1. The van der Waals surface area contributed by atoms with Gasteiger partial charge in [-0.05, 0) is 23.3 Å². The SMILES string of the molecule is N#Cc1cccc(CNC(=O)[C@@H](N)c2ccccc2)c1. The third-order valence-corrected chi connectivity index (χ3v) is 2.96. The fourth-order valence-corrected chi connectivity index (χ4v) is 1.86. The number of hydrogen-bond donors (Lipinski definition) is 2. The van der Waals surface area contributed by atoms with Crippen LogP contribution >= 0.6 is 0 Å². The molecule has 2 rings (SSSR count). The smallest absolute Gasteiger partial charge is 0.241 e. The van der Waals surface area contributed by atoms with E-state index < -0.39 is 6.04 Å². The standard InChI is InChI=1S/C16H15N3O/c17-10-12-5-4-6-13(9-12)11-19-16(20)15(18)14-7-2-1-3-8-14/h1-9,15H,11,18H2,(H,19,20)/t15-/m0/s1. The number of benzene rings is 2. The van der Waals surface area contributed by atoms with Crippen LogP contribution in [0.4, 0.5) is 0 Å². The molecule has 0 saturated heterocycles. The van der Waals surface area contributed by atoms with Crippen LogP contribution in [0, 0.1) is 11.3 Å². The number of hydrogen-bond acceptors (Lipinski definition) is 3. The Kier molecular flexibility index (Phi) is 4.48. The van der Waals surface area contributed by atoms with E-state index >= 15 is 0 Å². The molecular formula is C16H15N3O. The Bertz CT molecular complexity index is 632. The van der Waals surface area contributed by atoms with Gasteiger partial charge in [-0.15, -0.1) is 0 Å². The van der Waals surface area contributed by atoms with Crippen molar-refractivity contribution in [1.29, 1.82) is 5.26 Å². The molecule has 0 spiro atoms. The Balaban J connectivity index is 1.97. The maximum atomic E-state index is 12.0. The maximum Gasteiger partial charge on any atom is 0.241 e. The summed E-state index contributed by atoms with van der Waals surface area (Å²) in [5.74, 6) is -0.237. The third kappa shape index (κ3) is 3.44. The molecule has 0 bridgehead atoms. The van der Waals surface area contributed by atoms with E-state index in [1.165, 1.54) is 0 Å². The number of nitrogens with zero attached hydrogens (tertiary/aromatic N) is 1. The van der Waals surface area contributed by atoms with Crippen molar-refractivity contribution < 1.29 is 4.79 Å². The second-order valence-electron chi connectivity index (χ2n) is 4.42. The van der Waals surface area contributed by atoms with Crippen LogP contribution in [-0.2, 0) is 11.3 Å². The van der Waals surface area contributed by atoms with Crippen LogP contribution < -0.4 is 11.1 Å². The molecule has 0 aliphatic heterocycles. The van der Waals surface area contributed by atoms with Crippen LogP contribution in [-0.4, -0.2) is 5.91 Å². The van der Waals surface area contributed by atoms with Gasteiger partial charge in [0.05, 0.1) is 11.6 Å². The third-order valence-electron chi connectivity index (χ3n) is 2.96. The number of nitrogens with one attached hydrogen (secondary N) is 1. The van der Waals surface area contributed by atoms with Gasteiger partial charge in [-0.25, -0.2) is 0 Å². The topological polar surface area (TPSA) is 78.9 Å². The van der Waals surface area contributed by atoms with Crippen LogP contribution in [0.1, 0.15) is 22.7 Å². The Morgan fingerprint density at radius 3 is 2.65 bits per heavy atom. The molecule has 1 amide bonds. The summed E-state index contributed by atoms with van der Waals surface area (Å²) < 4.78 is 0. The molecule has 100 valence electrons. The molecule has 2 aromatic rings. The summed E-state index contributed by atoms with van der Waals surface area (Å²) in [6.07, 6.45) is 0. The molecule has 3 N–H and O–H groups in total. The van der Waals surface area contributed by atoms with E-state index in [0.29, 0.717) is 12.1 Å². The summed E-state index contributed by atoms with van der Waals surface area (Å²) in [4.78, 5) is 12.0. The Hall–Kier alpha value is -2.64. The van der Waals surface area contributed by atoms with Gasteiger partial charge >= 0.3 is 0 Å². The minimum atomic E-state index is -0.685. The zero-order valence-corrected chi connectivity index (χ0v) is 10.9. The molecule has 0 aliphatic carbocycles. The van der Waals surface area contributed by atoms with Crippen molar-refractivity contribution in [3.63, 3.8) is 0 Å². The molecule has 1 atom stereocenters. The second-order valence-corrected chi connectivity index (χ2v) is 4.42. The van der Waals surface area contributed by atoms with E-state index in [2.05, 4.69) is 11.4 Å². The first-order valence-corrected chi connectivity index (χ1v) is 6.28. The van der Waals surface area contributed by atoms with Crippen molar-refractivity contribution in [2.45, 2.75) is 12.6 Å².